The van der Waals surface area contributed by atoms with Crippen LogP contribution in [0.2, 0.25) is 0 Å². The van der Waals surface area contributed by atoms with Crippen LogP contribution in [0.1, 0.15) is 5.56 Å². The summed E-state index contributed by atoms with van der Waals surface area (Å²) in [5, 5.41) is 10.6. The molecule has 1 aromatic carbocycles. The van der Waals surface area contributed by atoms with Crippen molar-refractivity contribution in [3.63, 3.8) is 0 Å². The Bertz CT molecular complexity index is 526. The Labute approximate surface area is 90.2 Å². The van der Waals surface area contributed by atoms with E-state index in [1.807, 2.05) is 0 Å². The highest BCUT2D eigenvalue weighted by Crippen LogP contribution is 2.33. The van der Waals surface area contributed by atoms with Gasteiger partial charge < -0.3 is 5.73 Å². The molecule has 15 heavy (non-hydrogen) atoms. The number of nitrogens with zero attached hydrogens (tertiary/aromatic N) is 1. The van der Waals surface area contributed by atoms with Crippen LogP contribution < -0.4 is 5.73 Å². The first-order valence-corrected chi connectivity index (χ1v) is 6.03. The third-order valence-corrected chi connectivity index (χ3v) is 3.08. The lowest BCUT2D eigenvalue weighted by Crippen LogP contribution is -2.04. The van der Waals surface area contributed by atoms with E-state index in [2.05, 4.69) is 0 Å². The lowest BCUT2D eigenvalue weighted by atomic mass is 10.2. The molecule has 0 amide bonds. The number of halogens is 1. The van der Waals surface area contributed by atoms with E-state index in [9.17, 15) is 18.5 Å². The first-order chi connectivity index (χ1) is 6.73. The largest absolute Gasteiger partial charge is 0.397 e. The van der Waals surface area contributed by atoms with Crippen molar-refractivity contribution in [2.45, 2.75) is 11.8 Å². The van der Waals surface area contributed by atoms with Crippen molar-refractivity contribution in [1.29, 1.82) is 0 Å². The maximum absolute atomic E-state index is 11.1. The fraction of sp³-hybridized carbons (Fsp3) is 0.143. The first kappa shape index (κ1) is 11.7. The van der Waals surface area contributed by atoms with Crippen LogP contribution >= 0.6 is 10.7 Å². The summed E-state index contributed by atoms with van der Waals surface area (Å²) < 4.78 is 22.1. The van der Waals surface area contributed by atoms with E-state index in [1.165, 1.54) is 6.07 Å². The molecule has 1 aromatic rings. The number of nitrogens with two attached hydrogens (primary N) is 1. The van der Waals surface area contributed by atoms with E-state index in [1.54, 1.807) is 6.92 Å². The van der Waals surface area contributed by atoms with Crippen molar-refractivity contribution < 1.29 is 13.3 Å². The van der Waals surface area contributed by atoms with Gasteiger partial charge in [-0.1, -0.05) is 0 Å². The molecule has 0 spiro atoms. The van der Waals surface area contributed by atoms with E-state index >= 15 is 0 Å². The van der Waals surface area contributed by atoms with E-state index < -0.39 is 24.6 Å². The number of aryl methyl sites for hydroxylation is 1. The molecule has 0 fully saturated rings. The summed E-state index contributed by atoms with van der Waals surface area (Å²) in [6.45, 7) is 1.56. The van der Waals surface area contributed by atoms with Crippen LogP contribution in [0.25, 0.3) is 0 Å². The average Bonchev–Trinajstić information content (AvgIpc) is 1.99. The molecule has 0 atom stereocenters. The predicted octanol–water partition coefficient (Wildman–Crippen LogP) is 1.41. The molecule has 0 aliphatic carbocycles. The predicted molar refractivity (Wildman–Crippen MR) is 55.3 cm³/mol. The summed E-state index contributed by atoms with van der Waals surface area (Å²) in [6.07, 6.45) is 0. The zero-order valence-electron chi connectivity index (χ0n) is 7.60. The second-order valence-electron chi connectivity index (χ2n) is 2.90. The normalized spacial score (nSPS) is 11.3. The van der Waals surface area contributed by atoms with Crippen molar-refractivity contribution >= 4 is 31.1 Å². The molecular formula is C7H7ClN2O4S. The van der Waals surface area contributed by atoms with Crippen molar-refractivity contribution in [3.05, 3.63) is 27.8 Å². The molecule has 0 bridgehead atoms. The van der Waals surface area contributed by atoms with Crippen molar-refractivity contribution in [2.24, 2.45) is 0 Å². The number of rotatable bonds is 2. The standard InChI is InChI=1S/C7H7ClN2O4S/c1-4-2-5(9)7(15(8,13)14)6(3-4)10(11)12/h2-3H,9H2,1H3. The molecule has 0 radical (unpaired) electrons. The third kappa shape index (κ3) is 2.37. The molecule has 0 aliphatic rings. The molecule has 0 aliphatic heterocycles. The van der Waals surface area contributed by atoms with E-state index in [0.717, 1.165) is 6.07 Å². The molecular weight excluding hydrogens is 244 g/mol. The van der Waals surface area contributed by atoms with Crippen molar-refractivity contribution in [1.82, 2.24) is 0 Å². The smallest absolute Gasteiger partial charge is 0.291 e. The van der Waals surface area contributed by atoms with Gasteiger partial charge in [0.1, 0.15) is 0 Å². The molecule has 2 N–H and O–H groups in total. The molecule has 0 saturated heterocycles. The van der Waals surface area contributed by atoms with Gasteiger partial charge in [-0.2, -0.15) is 0 Å². The summed E-state index contributed by atoms with van der Waals surface area (Å²) in [5.74, 6) is 0. The van der Waals surface area contributed by atoms with Gasteiger partial charge in [-0.3, -0.25) is 10.1 Å². The van der Waals surface area contributed by atoms with Crippen molar-refractivity contribution in [3.8, 4) is 0 Å². The Morgan fingerprint density at radius 2 is 2.00 bits per heavy atom. The maximum Gasteiger partial charge on any atom is 0.291 e. The third-order valence-electron chi connectivity index (χ3n) is 1.68. The van der Waals surface area contributed by atoms with Gasteiger partial charge in [-0.05, 0) is 18.6 Å². The van der Waals surface area contributed by atoms with Crippen LogP contribution in [0.3, 0.4) is 0 Å². The van der Waals surface area contributed by atoms with Gasteiger partial charge in [-0.15, -0.1) is 0 Å². The van der Waals surface area contributed by atoms with Gasteiger partial charge in [0.05, 0.1) is 10.6 Å². The summed E-state index contributed by atoms with van der Waals surface area (Å²) in [7, 11) is 0.833. The quantitative estimate of drug-likeness (QED) is 0.370. The van der Waals surface area contributed by atoms with Crippen molar-refractivity contribution in [2.75, 3.05) is 5.73 Å². The number of hydrogen-bond donors (Lipinski definition) is 1. The minimum atomic E-state index is -4.22. The van der Waals surface area contributed by atoms with Crippen LogP contribution in [0.5, 0.6) is 0 Å². The van der Waals surface area contributed by atoms with Crippen LogP contribution in [0.15, 0.2) is 17.0 Å². The van der Waals surface area contributed by atoms with Gasteiger partial charge in [0, 0.05) is 16.7 Å². The molecule has 0 heterocycles. The second kappa shape index (κ2) is 3.67. The van der Waals surface area contributed by atoms with Gasteiger partial charge in [-0.25, -0.2) is 8.42 Å². The summed E-state index contributed by atoms with van der Waals surface area (Å²) in [4.78, 5) is 9.11. The van der Waals surface area contributed by atoms with E-state index in [4.69, 9.17) is 16.4 Å². The molecule has 1 rings (SSSR count). The zero-order valence-corrected chi connectivity index (χ0v) is 9.17. The Kier molecular flexibility index (Phi) is 2.87. The topological polar surface area (TPSA) is 103 Å². The second-order valence-corrected chi connectivity index (χ2v) is 5.40. The SMILES string of the molecule is Cc1cc(N)c(S(=O)(=O)Cl)c([N+](=O)[O-])c1. The Hall–Kier alpha value is -1.34. The highest BCUT2D eigenvalue weighted by atomic mass is 35.7. The van der Waals surface area contributed by atoms with Gasteiger partial charge >= 0.3 is 0 Å². The lowest BCUT2D eigenvalue weighted by Gasteiger charge is -2.04. The average molecular weight is 251 g/mol. The first-order valence-electron chi connectivity index (χ1n) is 3.72. The van der Waals surface area contributed by atoms with Crippen LogP contribution in [0.4, 0.5) is 11.4 Å². The number of nitrogen functional groups attached to an aromatic ring is 1. The fourth-order valence-electron chi connectivity index (χ4n) is 1.18. The van der Waals surface area contributed by atoms with Crippen LogP contribution in [-0.2, 0) is 9.05 Å². The number of nitro groups is 1. The molecule has 0 aromatic heterocycles. The summed E-state index contributed by atoms with van der Waals surface area (Å²) in [5.41, 5.74) is 5.03. The molecule has 82 valence electrons. The number of anilines is 1. The fourth-order valence-corrected chi connectivity index (χ4v) is 2.41. The minimum Gasteiger partial charge on any atom is -0.397 e. The van der Waals surface area contributed by atoms with E-state index in [-0.39, 0.29) is 5.69 Å². The number of nitro benzene ring substituents is 1. The highest BCUT2D eigenvalue weighted by molar-refractivity contribution is 8.14. The Balaban J connectivity index is 3.70. The van der Waals surface area contributed by atoms with Crippen LogP contribution in [0, 0.1) is 17.0 Å². The zero-order chi connectivity index (χ0) is 11.8. The summed E-state index contributed by atoms with van der Waals surface area (Å²) in [6, 6.07) is 2.41. The van der Waals surface area contributed by atoms with Gasteiger partial charge in [0.25, 0.3) is 14.7 Å². The molecule has 6 nitrogen and oxygen atoms in total. The molecule has 0 saturated carbocycles. The van der Waals surface area contributed by atoms with Crippen LogP contribution in [-0.4, -0.2) is 13.3 Å². The van der Waals surface area contributed by atoms with Gasteiger partial charge in [0.2, 0.25) is 0 Å². The monoisotopic (exact) mass is 250 g/mol. The van der Waals surface area contributed by atoms with Gasteiger partial charge in [0.15, 0.2) is 4.90 Å². The summed E-state index contributed by atoms with van der Waals surface area (Å²) >= 11 is 0. The Morgan fingerprint density at radius 3 is 2.40 bits per heavy atom. The highest BCUT2D eigenvalue weighted by Gasteiger charge is 2.27. The Morgan fingerprint density at radius 1 is 1.47 bits per heavy atom. The lowest BCUT2D eigenvalue weighted by molar-refractivity contribution is -0.387. The van der Waals surface area contributed by atoms with E-state index in [0.29, 0.717) is 5.56 Å². The molecule has 8 heteroatoms. The maximum atomic E-state index is 11.1. The number of hydrogen-bond acceptors (Lipinski definition) is 5. The minimum absolute atomic E-state index is 0.225. The number of benzene rings is 1. The molecule has 0 unspecified atom stereocenters.